The van der Waals surface area contributed by atoms with E-state index >= 15 is 0 Å². The van der Waals surface area contributed by atoms with Gasteiger partial charge in [-0.1, -0.05) is 12.1 Å². The highest BCUT2D eigenvalue weighted by Crippen LogP contribution is 2.33. The van der Waals surface area contributed by atoms with Crippen molar-refractivity contribution in [2.75, 3.05) is 19.6 Å². The third kappa shape index (κ3) is 5.40. The number of rotatable bonds is 9. The Kier molecular flexibility index (Phi) is 7.30. The summed E-state index contributed by atoms with van der Waals surface area (Å²) in [5.41, 5.74) is 5.27. The number of carbonyl (C=O) groups is 2. The molecule has 1 aromatic carbocycles. The summed E-state index contributed by atoms with van der Waals surface area (Å²) in [6.45, 7) is 8.98. The number of halogens is 1. The minimum Gasteiger partial charge on any atom is -0.431 e. The molecule has 4 rings (SSSR count). The van der Waals surface area contributed by atoms with Crippen LogP contribution in [0.15, 0.2) is 24.3 Å². The maximum Gasteiger partial charge on any atom is 0.317 e. The fraction of sp³-hybridized carbons (Fsp3) is 0.680. The number of amides is 2. The Morgan fingerprint density at radius 2 is 2.09 bits per heavy atom. The smallest absolute Gasteiger partial charge is 0.317 e. The maximum atomic E-state index is 13.5. The molecule has 1 radical (unpaired) electrons. The van der Waals surface area contributed by atoms with Crippen molar-refractivity contribution in [1.82, 2.24) is 14.7 Å². The third-order valence-electron chi connectivity index (χ3n) is 7.96. The fourth-order valence-corrected chi connectivity index (χ4v) is 5.12. The van der Waals surface area contributed by atoms with Crippen LogP contribution in [0, 0.1) is 5.82 Å². The van der Waals surface area contributed by atoms with E-state index in [0.29, 0.717) is 32.6 Å². The summed E-state index contributed by atoms with van der Waals surface area (Å²) in [6.07, 6.45) is 2.34. The van der Waals surface area contributed by atoms with Crippen molar-refractivity contribution >= 4 is 19.3 Å². The third-order valence-corrected chi connectivity index (χ3v) is 7.96. The van der Waals surface area contributed by atoms with Gasteiger partial charge in [0.25, 0.3) is 0 Å². The predicted molar refractivity (Wildman–Crippen MR) is 131 cm³/mol. The summed E-state index contributed by atoms with van der Waals surface area (Å²) >= 11 is 0. The number of hydrogen-bond donors (Lipinski definition) is 2. The number of benzene rings is 1. The first-order chi connectivity index (χ1) is 16.4. The van der Waals surface area contributed by atoms with Gasteiger partial charge in [0, 0.05) is 38.2 Å². The van der Waals surface area contributed by atoms with Crippen LogP contribution < -0.4 is 5.73 Å². The Labute approximate surface area is 207 Å². The van der Waals surface area contributed by atoms with Gasteiger partial charge in [0.1, 0.15) is 5.82 Å². The molecule has 0 aliphatic carbocycles. The highest BCUT2D eigenvalue weighted by atomic mass is 19.1. The largest absolute Gasteiger partial charge is 0.431 e. The number of aliphatic hydroxyl groups is 1. The fourth-order valence-electron chi connectivity index (χ4n) is 5.12. The van der Waals surface area contributed by atoms with Crippen LogP contribution in [-0.2, 0) is 20.8 Å². The SMILES string of the molecule is CC(C)(O)C(C)(C)O[B]C1CCCN1C(=O)[C@@H](N)CN1C[C@@H]2CC1C(=O)N2Cc1cccc(F)c1. The number of nitrogens with two attached hydrogens (primary N) is 1. The first-order valence-electron chi connectivity index (χ1n) is 12.5. The molecule has 8 nitrogen and oxygen atoms in total. The van der Waals surface area contributed by atoms with Crippen molar-refractivity contribution in [2.45, 2.75) is 88.8 Å². The van der Waals surface area contributed by atoms with Crippen molar-refractivity contribution in [1.29, 1.82) is 0 Å². The number of nitrogens with zero attached hydrogens (tertiary/aromatic N) is 3. The average molecular weight is 487 g/mol. The van der Waals surface area contributed by atoms with Gasteiger partial charge in [0.2, 0.25) is 11.8 Å². The zero-order valence-electron chi connectivity index (χ0n) is 21.1. The average Bonchev–Trinajstić information content (AvgIpc) is 3.47. The number of piperazine rings is 1. The maximum absolute atomic E-state index is 13.5. The molecule has 3 aliphatic rings. The molecule has 10 heteroatoms. The highest BCUT2D eigenvalue weighted by Gasteiger charge is 2.50. The zero-order valence-corrected chi connectivity index (χ0v) is 21.1. The molecule has 2 bridgehead atoms. The molecule has 1 aromatic rings. The second-order valence-corrected chi connectivity index (χ2v) is 11.1. The van der Waals surface area contributed by atoms with Crippen molar-refractivity contribution in [3.63, 3.8) is 0 Å². The number of likely N-dealkylation sites (tertiary alicyclic amines) is 3. The summed E-state index contributed by atoms with van der Waals surface area (Å²) in [7, 11) is 1.65. The molecule has 3 N–H and O–H groups in total. The van der Waals surface area contributed by atoms with E-state index in [4.69, 9.17) is 10.4 Å². The monoisotopic (exact) mass is 487 g/mol. The lowest BCUT2D eigenvalue weighted by molar-refractivity contribution is -0.139. The van der Waals surface area contributed by atoms with Crippen molar-refractivity contribution < 1.29 is 23.7 Å². The van der Waals surface area contributed by atoms with Crippen LogP contribution in [0.25, 0.3) is 0 Å². The van der Waals surface area contributed by atoms with Gasteiger partial charge < -0.3 is 25.3 Å². The van der Waals surface area contributed by atoms with Crippen LogP contribution in [0.4, 0.5) is 4.39 Å². The van der Waals surface area contributed by atoms with Gasteiger partial charge in [-0.15, -0.1) is 0 Å². The van der Waals surface area contributed by atoms with Gasteiger partial charge in [0.05, 0.1) is 23.3 Å². The molecule has 3 saturated heterocycles. The Morgan fingerprint density at radius 3 is 2.74 bits per heavy atom. The molecular formula is C25H37BFN4O4. The van der Waals surface area contributed by atoms with Gasteiger partial charge in [-0.3, -0.25) is 14.5 Å². The van der Waals surface area contributed by atoms with Crippen LogP contribution in [-0.4, -0.2) is 94.0 Å². The van der Waals surface area contributed by atoms with E-state index in [-0.39, 0.29) is 35.7 Å². The molecule has 0 saturated carbocycles. The second kappa shape index (κ2) is 9.80. The quantitative estimate of drug-likeness (QED) is 0.506. The summed E-state index contributed by atoms with van der Waals surface area (Å²) in [4.78, 5) is 31.8. The van der Waals surface area contributed by atoms with E-state index < -0.39 is 17.2 Å². The van der Waals surface area contributed by atoms with E-state index in [1.54, 1.807) is 32.3 Å². The molecule has 2 amide bonds. The van der Waals surface area contributed by atoms with Crippen molar-refractivity contribution in [2.24, 2.45) is 5.73 Å². The van der Waals surface area contributed by atoms with Gasteiger partial charge >= 0.3 is 7.48 Å². The van der Waals surface area contributed by atoms with Crippen molar-refractivity contribution in [3.8, 4) is 0 Å². The Balaban J connectivity index is 1.31. The number of hydrogen-bond acceptors (Lipinski definition) is 6. The first-order valence-corrected chi connectivity index (χ1v) is 12.5. The highest BCUT2D eigenvalue weighted by molar-refractivity contribution is 6.30. The summed E-state index contributed by atoms with van der Waals surface area (Å²) in [5, 5.41) is 10.3. The van der Waals surface area contributed by atoms with Crippen LogP contribution in [0.2, 0.25) is 0 Å². The standard InChI is InChI=1S/C25H37BFN4O4/c1-24(2,34)25(3,4)35-26-21-9-6-10-30(21)22(32)19(28)15-29-14-18-12-20(29)23(33)31(18)13-16-7-5-8-17(27)11-16/h5,7-8,11,18-21,34H,6,9-10,12-15,28H2,1-4H3/t18-,19-,20?,21?/m0/s1. The summed E-state index contributed by atoms with van der Waals surface area (Å²) in [6, 6.07) is 5.35. The van der Waals surface area contributed by atoms with E-state index in [1.807, 2.05) is 29.7 Å². The van der Waals surface area contributed by atoms with Crippen LogP contribution >= 0.6 is 0 Å². The summed E-state index contributed by atoms with van der Waals surface area (Å²) < 4.78 is 19.4. The van der Waals surface area contributed by atoms with Crippen molar-refractivity contribution in [3.05, 3.63) is 35.6 Å². The Morgan fingerprint density at radius 1 is 1.34 bits per heavy atom. The molecule has 3 heterocycles. The van der Waals surface area contributed by atoms with E-state index in [1.165, 1.54) is 12.1 Å². The molecule has 191 valence electrons. The number of carbonyl (C=O) groups excluding carboxylic acids is 2. The van der Waals surface area contributed by atoms with E-state index in [2.05, 4.69) is 0 Å². The molecule has 3 fully saturated rings. The normalized spacial score (nSPS) is 26.0. The molecule has 35 heavy (non-hydrogen) atoms. The lowest BCUT2D eigenvalue weighted by atomic mass is 9.81. The predicted octanol–water partition coefficient (Wildman–Crippen LogP) is 1.07. The van der Waals surface area contributed by atoms with Crippen LogP contribution in [0.1, 0.15) is 52.5 Å². The molecule has 3 aliphatic heterocycles. The van der Waals surface area contributed by atoms with Crippen LogP contribution in [0.3, 0.4) is 0 Å². The molecule has 0 aromatic heterocycles. The van der Waals surface area contributed by atoms with Gasteiger partial charge in [-0.05, 0) is 64.7 Å². The molecular weight excluding hydrogens is 450 g/mol. The Bertz CT molecular complexity index is 956. The lowest BCUT2D eigenvalue weighted by Crippen LogP contribution is -2.57. The van der Waals surface area contributed by atoms with E-state index in [9.17, 15) is 19.1 Å². The lowest BCUT2D eigenvalue weighted by Gasteiger charge is -2.39. The second-order valence-electron chi connectivity index (χ2n) is 11.1. The van der Waals surface area contributed by atoms with Crippen LogP contribution in [0.5, 0.6) is 0 Å². The Hall–Kier alpha value is -2.01. The molecule has 4 atom stereocenters. The summed E-state index contributed by atoms with van der Waals surface area (Å²) in [5.74, 6) is -0.648. The van der Waals surface area contributed by atoms with Gasteiger partial charge in [0.15, 0.2) is 0 Å². The molecule has 0 spiro atoms. The molecule has 2 unspecified atom stereocenters. The van der Waals surface area contributed by atoms with Gasteiger partial charge in [-0.25, -0.2) is 4.39 Å². The van der Waals surface area contributed by atoms with Gasteiger partial charge in [-0.2, -0.15) is 0 Å². The topological polar surface area (TPSA) is 99.3 Å². The zero-order chi connectivity index (χ0) is 25.5. The minimum atomic E-state index is -1.04. The minimum absolute atomic E-state index is 0.0137. The first kappa shape index (κ1) is 26.1. The van der Waals surface area contributed by atoms with E-state index in [0.717, 1.165) is 18.4 Å². The number of fused-ring (bicyclic) bond motifs is 2.